The molecule has 202 valence electrons. The fourth-order valence-electron chi connectivity index (χ4n) is 4.55. The van der Waals surface area contributed by atoms with Gasteiger partial charge in [-0.25, -0.2) is 9.78 Å². The highest BCUT2D eigenvalue weighted by atomic mass is 16.5. The summed E-state index contributed by atoms with van der Waals surface area (Å²) >= 11 is 0. The molecule has 1 aliphatic rings. The van der Waals surface area contributed by atoms with Gasteiger partial charge in [0.1, 0.15) is 11.9 Å². The molecule has 0 aliphatic carbocycles. The quantitative estimate of drug-likeness (QED) is 0.436. The van der Waals surface area contributed by atoms with Crippen molar-refractivity contribution < 1.29 is 19.1 Å². The molecule has 1 atom stereocenters. The highest BCUT2D eigenvalue weighted by Gasteiger charge is 2.34. The number of nitrogens with zero attached hydrogens (tertiary/aromatic N) is 2. The first kappa shape index (κ1) is 30.2. The topological polar surface area (TPSA) is 96.6 Å². The van der Waals surface area contributed by atoms with Crippen molar-refractivity contribution in [1.29, 1.82) is 0 Å². The molecule has 2 aromatic carbocycles. The van der Waals surface area contributed by atoms with Crippen LogP contribution in [0, 0.1) is 31.1 Å². The number of nitrogens with one attached hydrogen (secondary N) is 2. The SMILES string of the molecule is C#C.C#Cc1ccc2c(ccc3[nH]c(CN(CCC)C(=O)[C@@H](NC(=O)OC)C4CCOCC4)nc32)c1.CC. The van der Waals surface area contributed by atoms with E-state index in [-0.39, 0.29) is 11.8 Å². The first-order valence-electron chi connectivity index (χ1n) is 13.0. The van der Waals surface area contributed by atoms with Crippen molar-refractivity contribution in [3.8, 4) is 25.2 Å². The number of aromatic amines is 1. The van der Waals surface area contributed by atoms with Gasteiger partial charge in [-0.15, -0.1) is 19.3 Å². The number of hydrogen-bond acceptors (Lipinski definition) is 5. The van der Waals surface area contributed by atoms with Gasteiger partial charge in [-0.2, -0.15) is 0 Å². The maximum Gasteiger partial charge on any atom is 0.407 e. The molecule has 2 N–H and O–H groups in total. The summed E-state index contributed by atoms with van der Waals surface area (Å²) in [4.78, 5) is 35.6. The van der Waals surface area contributed by atoms with E-state index in [0.717, 1.165) is 33.8 Å². The van der Waals surface area contributed by atoms with Crippen LogP contribution in [0.3, 0.4) is 0 Å². The highest BCUT2D eigenvalue weighted by molar-refractivity contribution is 6.04. The summed E-state index contributed by atoms with van der Waals surface area (Å²) in [5, 5.41) is 4.79. The Morgan fingerprint density at radius 1 is 1.24 bits per heavy atom. The van der Waals surface area contributed by atoms with Gasteiger partial charge >= 0.3 is 6.09 Å². The Labute approximate surface area is 225 Å². The summed E-state index contributed by atoms with van der Waals surface area (Å²) in [5.74, 6) is 3.20. The molecule has 1 aliphatic heterocycles. The van der Waals surface area contributed by atoms with Gasteiger partial charge in [-0.05, 0) is 48.8 Å². The Kier molecular flexibility index (Phi) is 12.2. The summed E-state index contributed by atoms with van der Waals surface area (Å²) in [6, 6.07) is 9.16. The molecule has 1 aromatic heterocycles. The van der Waals surface area contributed by atoms with Crippen molar-refractivity contribution in [1.82, 2.24) is 20.2 Å². The molecule has 0 bridgehead atoms. The van der Waals surface area contributed by atoms with Crippen LogP contribution in [0.25, 0.3) is 21.8 Å². The smallest absolute Gasteiger partial charge is 0.407 e. The van der Waals surface area contributed by atoms with Crippen LogP contribution in [0.2, 0.25) is 0 Å². The second-order valence-corrected chi connectivity index (χ2v) is 8.55. The number of fused-ring (bicyclic) bond motifs is 3. The Morgan fingerprint density at radius 3 is 2.58 bits per heavy atom. The molecule has 38 heavy (non-hydrogen) atoms. The van der Waals surface area contributed by atoms with Crippen LogP contribution in [-0.4, -0.2) is 59.8 Å². The average Bonchev–Trinajstić information content (AvgIpc) is 3.40. The Balaban J connectivity index is 0.00000121. The maximum absolute atomic E-state index is 13.6. The van der Waals surface area contributed by atoms with E-state index in [1.807, 2.05) is 51.1 Å². The van der Waals surface area contributed by atoms with Gasteiger partial charge in [0.2, 0.25) is 5.91 Å². The number of alkyl carbamates (subject to hydrolysis) is 1. The third kappa shape index (κ3) is 7.27. The van der Waals surface area contributed by atoms with Crippen LogP contribution in [-0.2, 0) is 20.8 Å². The normalized spacial score (nSPS) is 13.7. The fraction of sp³-hybridized carbons (Fsp3) is 0.433. The number of aromatic nitrogens is 2. The van der Waals surface area contributed by atoms with E-state index in [9.17, 15) is 9.59 Å². The van der Waals surface area contributed by atoms with E-state index in [1.54, 1.807) is 4.90 Å². The van der Waals surface area contributed by atoms with Crippen LogP contribution < -0.4 is 5.32 Å². The number of ether oxygens (including phenoxy) is 2. The van der Waals surface area contributed by atoms with E-state index in [4.69, 9.17) is 20.9 Å². The zero-order chi connectivity index (χ0) is 28.1. The second kappa shape index (κ2) is 15.3. The van der Waals surface area contributed by atoms with Gasteiger partial charge in [-0.1, -0.05) is 38.8 Å². The van der Waals surface area contributed by atoms with Crippen LogP contribution in [0.1, 0.15) is 51.4 Å². The molecule has 8 heteroatoms. The predicted octanol–water partition coefficient (Wildman–Crippen LogP) is 4.86. The summed E-state index contributed by atoms with van der Waals surface area (Å²) < 4.78 is 10.2. The standard InChI is InChI=1S/C26H30N4O4.C2H6.C2H2/c1-4-12-30(25(31)23(29-26(32)33-3)18-10-13-34-14-11-18)16-22-27-21-9-7-19-15-17(5-2)6-8-20(19)24(21)28-22;2*1-2/h2,6-9,15,18,23H,4,10-14,16H2,1,3H3,(H,27,28)(H,29,32);1-2H3;1-2H/t23-;;/m0../s1. The minimum Gasteiger partial charge on any atom is -0.453 e. The molecule has 8 nitrogen and oxygen atoms in total. The van der Waals surface area contributed by atoms with Crippen LogP contribution in [0.4, 0.5) is 4.79 Å². The van der Waals surface area contributed by atoms with E-state index in [1.165, 1.54) is 7.11 Å². The molecular formula is C30H38N4O4. The van der Waals surface area contributed by atoms with Gasteiger partial charge in [0, 0.05) is 30.7 Å². The number of imidazole rings is 1. The largest absolute Gasteiger partial charge is 0.453 e. The summed E-state index contributed by atoms with van der Waals surface area (Å²) in [6.07, 6.45) is 15.1. The third-order valence-corrected chi connectivity index (χ3v) is 6.29. The second-order valence-electron chi connectivity index (χ2n) is 8.55. The lowest BCUT2D eigenvalue weighted by Crippen LogP contribution is -2.53. The van der Waals surface area contributed by atoms with E-state index >= 15 is 0 Å². The molecule has 4 rings (SSSR count). The fourth-order valence-corrected chi connectivity index (χ4v) is 4.55. The maximum atomic E-state index is 13.6. The first-order valence-corrected chi connectivity index (χ1v) is 13.0. The molecule has 0 radical (unpaired) electrons. The lowest BCUT2D eigenvalue weighted by atomic mass is 9.90. The van der Waals surface area contributed by atoms with Crippen LogP contribution >= 0.6 is 0 Å². The predicted molar refractivity (Wildman–Crippen MR) is 151 cm³/mol. The number of H-pyrrole nitrogens is 1. The first-order chi connectivity index (χ1) is 18.5. The van der Waals surface area contributed by atoms with Crippen molar-refractivity contribution >= 4 is 33.8 Å². The lowest BCUT2D eigenvalue weighted by Gasteiger charge is -2.33. The monoisotopic (exact) mass is 518 g/mol. The Morgan fingerprint density at radius 2 is 1.95 bits per heavy atom. The van der Waals surface area contributed by atoms with Gasteiger partial charge in [0.25, 0.3) is 0 Å². The minimum absolute atomic E-state index is 0.00956. The molecule has 0 saturated carbocycles. The number of terminal acetylenes is 2. The highest BCUT2D eigenvalue weighted by Crippen LogP contribution is 2.26. The van der Waals surface area contributed by atoms with Crippen LogP contribution in [0.15, 0.2) is 30.3 Å². The summed E-state index contributed by atoms with van der Waals surface area (Å²) in [5.41, 5.74) is 2.56. The van der Waals surface area contributed by atoms with E-state index in [2.05, 4.69) is 29.1 Å². The van der Waals surface area contributed by atoms with E-state index < -0.39 is 12.1 Å². The molecule has 0 unspecified atom stereocenters. The van der Waals surface area contributed by atoms with Crippen molar-refractivity contribution in [3.63, 3.8) is 0 Å². The molecule has 3 aromatic rings. The van der Waals surface area contributed by atoms with E-state index in [0.29, 0.717) is 45.0 Å². The third-order valence-electron chi connectivity index (χ3n) is 6.29. The number of carbonyl (C=O) groups excluding carboxylic acids is 2. The number of benzene rings is 2. The van der Waals surface area contributed by atoms with Crippen molar-refractivity contribution in [3.05, 3.63) is 41.7 Å². The van der Waals surface area contributed by atoms with Gasteiger partial charge < -0.3 is 24.7 Å². The summed E-state index contributed by atoms with van der Waals surface area (Å²) in [6.45, 7) is 8.03. The number of carbonyl (C=O) groups is 2. The van der Waals surface area contributed by atoms with Crippen molar-refractivity contribution in [2.24, 2.45) is 5.92 Å². The minimum atomic E-state index is -0.671. The number of rotatable bonds is 7. The zero-order valence-corrected chi connectivity index (χ0v) is 22.8. The van der Waals surface area contributed by atoms with Crippen LogP contribution in [0.5, 0.6) is 0 Å². The van der Waals surface area contributed by atoms with Gasteiger partial charge in [-0.3, -0.25) is 4.79 Å². The molecule has 1 fully saturated rings. The lowest BCUT2D eigenvalue weighted by molar-refractivity contribution is -0.136. The molecule has 2 amide bonds. The number of methoxy groups -OCH3 is 1. The zero-order valence-electron chi connectivity index (χ0n) is 22.8. The summed E-state index contributed by atoms with van der Waals surface area (Å²) in [7, 11) is 1.30. The molecule has 2 heterocycles. The average molecular weight is 519 g/mol. The van der Waals surface area contributed by atoms with Gasteiger partial charge in [0.15, 0.2) is 0 Å². The number of amides is 2. The van der Waals surface area contributed by atoms with Crippen molar-refractivity contribution in [2.45, 2.75) is 52.6 Å². The molecule has 1 saturated heterocycles. The Bertz CT molecular complexity index is 1270. The van der Waals surface area contributed by atoms with Crippen molar-refractivity contribution in [2.75, 3.05) is 26.9 Å². The molecular weight excluding hydrogens is 480 g/mol. The molecule has 0 spiro atoms. The Hall–Kier alpha value is -4.01. The van der Waals surface area contributed by atoms with Gasteiger partial charge in [0.05, 0.1) is 24.7 Å². The number of hydrogen-bond donors (Lipinski definition) is 2.